The SMILES string of the molecule is CCCNC(=O)Cn1nnc(C(=O)OC)c1CCNC(=O)OC(C)(C)C. The van der Waals surface area contributed by atoms with E-state index in [1.807, 2.05) is 6.92 Å². The number of aromatic nitrogens is 3. The molecular weight excluding hydrogens is 342 g/mol. The van der Waals surface area contributed by atoms with Crippen LogP contribution in [0.3, 0.4) is 0 Å². The van der Waals surface area contributed by atoms with Crippen LogP contribution in [0.5, 0.6) is 0 Å². The number of hydrogen-bond donors (Lipinski definition) is 2. The largest absolute Gasteiger partial charge is 0.464 e. The lowest BCUT2D eigenvalue weighted by atomic mass is 10.2. The third kappa shape index (κ3) is 7.08. The molecule has 10 nitrogen and oxygen atoms in total. The summed E-state index contributed by atoms with van der Waals surface area (Å²) in [5.41, 5.74) is -0.191. The highest BCUT2D eigenvalue weighted by Gasteiger charge is 2.22. The molecule has 0 spiro atoms. The summed E-state index contributed by atoms with van der Waals surface area (Å²) in [5, 5.41) is 13.0. The molecule has 0 fully saturated rings. The Balaban J connectivity index is 2.79. The van der Waals surface area contributed by atoms with Crippen molar-refractivity contribution in [3.05, 3.63) is 11.4 Å². The molecule has 0 aromatic carbocycles. The van der Waals surface area contributed by atoms with Crippen LogP contribution >= 0.6 is 0 Å². The van der Waals surface area contributed by atoms with Gasteiger partial charge in [0.05, 0.1) is 12.8 Å². The number of carbonyl (C=O) groups excluding carboxylic acids is 3. The molecule has 0 aliphatic carbocycles. The lowest BCUT2D eigenvalue weighted by molar-refractivity contribution is -0.121. The average Bonchev–Trinajstić information content (AvgIpc) is 2.93. The third-order valence-electron chi connectivity index (χ3n) is 3.11. The molecule has 1 aromatic rings. The summed E-state index contributed by atoms with van der Waals surface area (Å²) in [4.78, 5) is 35.5. The van der Waals surface area contributed by atoms with Crippen LogP contribution in [0, 0.1) is 0 Å². The fourth-order valence-corrected chi connectivity index (χ4v) is 2.02. The Kier molecular flexibility index (Phi) is 8.01. The summed E-state index contributed by atoms with van der Waals surface area (Å²) in [6.07, 6.45) is 0.470. The number of carbonyl (C=O) groups is 3. The van der Waals surface area contributed by atoms with Gasteiger partial charge in [0.25, 0.3) is 0 Å². The molecule has 0 saturated carbocycles. The summed E-state index contributed by atoms with van der Waals surface area (Å²) in [7, 11) is 1.23. The number of alkyl carbamates (subject to hydrolysis) is 1. The van der Waals surface area contributed by atoms with Crippen LogP contribution < -0.4 is 10.6 Å². The Morgan fingerprint density at radius 2 is 1.85 bits per heavy atom. The van der Waals surface area contributed by atoms with Crippen LogP contribution in [0.15, 0.2) is 0 Å². The van der Waals surface area contributed by atoms with Crippen LogP contribution in [0.1, 0.15) is 50.3 Å². The highest BCUT2D eigenvalue weighted by molar-refractivity contribution is 5.88. The van der Waals surface area contributed by atoms with Gasteiger partial charge in [-0.3, -0.25) is 4.79 Å². The molecular formula is C16H27N5O5. The summed E-state index contributed by atoms with van der Waals surface area (Å²) in [6.45, 7) is 7.88. The van der Waals surface area contributed by atoms with Gasteiger partial charge in [0.15, 0.2) is 5.69 Å². The van der Waals surface area contributed by atoms with Gasteiger partial charge in [-0.1, -0.05) is 12.1 Å². The highest BCUT2D eigenvalue weighted by atomic mass is 16.6. The lowest BCUT2D eigenvalue weighted by Gasteiger charge is -2.19. The van der Waals surface area contributed by atoms with Crippen molar-refractivity contribution >= 4 is 18.0 Å². The Hall–Kier alpha value is -2.65. The predicted octanol–water partition coefficient (Wildman–Crippen LogP) is 0.658. The second kappa shape index (κ2) is 9.73. The van der Waals surface area contributed by atoms with E-state index in [-0.39, 0.29) is 31.1 Å². The van der Waals surface area contributed by atoms with Crippen molar-refractivity contribution in [2.75, 3.05) is 20.2 Å². The van der Waals surface area contributed by atoms with Crippen molar-refractivity contribution in [2.45, 2.75) is 52.7 Å². The first-order valence-electron chi connectivity index (χ1n) is 8.42. The monoisotopic (exact) mass is 369 g/mol. The fraction of sp³-hybridized carbons (Fsp3) is 0.688. The van der Waals surface area contributed by atoms with E-state index < -0.39 is 17.7 Å². The zero-order valence-corrected chi connectivity index (χ0v) is 15.9. The molecule has 2 N–H and O–H groups in total. The summed E-state index contributed by atoms with van der Waals surface area (Å²) < 4.78 is 11.2. The van der Waals surface area contributed by atoms with E-state index in [2.05, 4.69) is 25.7 Å². The molecule has 0 radical (unpaired) electrons. The van der Waals surface area contributed by atoms with Gasteiger partial charge in [0, 0.05) is 19.5 Å². The van der Waals surface area contributed by atoms with Gasteiger partial charge in [0.2, 0.25) is 5.91 Å². The number of ether oxygens (including phenoxy) is 2. The van der Waals surface area contributed by atoms with Crippen molar-refractivity contribution in [1.82, 2.24) is 25.6 Å². The van der Waals surface area contributed by atoms with Crippen LogP contribution in [0.2, 0.25) is 0 Å². The minimum absolute atomic E-state index is 0.0155. The number of esters is 1. The molecule has 10 heteroatoms. The molecule has 0 aliphatic rings. The molecule has 1 heterocycles. The Morgan fingerprint density at radius 1 is 1.15 bits per heavy atom. The van der Waals surface area contributed by atoms with E-state index in [9.17, 15) is 14.4 Å². The second-order valence-corrected chi connectivity index (χ2v) is 6.56. The molecule has 0 bridgehead atoms. The van der Waals surface area contributed by atoms with E-state index in [1.54, 1.807) is 20.8 Å². The molecule has 0 atom stereocenters. The van der Waals surface area contributed by atoms with Crippen LogP contribution in [-0.2, 0) is 27.2 Å². The van der Waals surface area contributed by atoms with E-state index >= 15 is 0 Å². The normalized spacial score (nSPS) is 11.0. The minimum atomic E-state index is -0.655. The van der Waals surface area contributed by atoms with E-state index in [4.69, 9.17) is 4.74 Å². The van der Waals surface area contributed by atoms with Gasteiger partial charge in [-0.05, 0) is 27.2 Å². The van der Waals surface area contributed by atoms with Crippen molar-refractivity contribution in [3.8, 4) is 0 Å². The van der Waals surface area contributed by atoms with Gasteiger partial charge >= 0.3 is 12.1 Å². The predicted molar refractivity (Wildman–Crippen MR) is 92.6 cm³/mol. The number of methoxy groups -OCH3 is 1. The van der Waals surface area contributed by atoms with Crippen molar-refractivity contribution in [2.24, 2.45) is 0 Å². The molecule has 2 amide bonds. The zero-order chi connectivity index (χ0) is 19.7. The zero-order valence-electron chi connectivity index (χ0n) is 15.9. The van der Waals surface area contributed by atoms with Gasteiger partial charge in [0.1, 0.15) is 12.1 Å². The van der Waals surface area contributed by atoms with Gasteiger partial charge in [-0.2, -0.15) is 0 Å². The Labute approximate surface area is 152 Å². The van der Waals surface area contributed by atoms with Crippen molar-refractivity contribution in [3.63, 3.8) is 0 Å². The van der Waals surface area contributed by atoms with Crippen molar-refractivity contribution in [1.29, 1.82) is 0 Å². The highest BCUT2D eigenvalue weighted by Crippen LogP contribution is 2.09. The Bertz CT molecular complexity index is 635. The molecule has 0 unspecified atom stereocenters. The lowest BCUT2D eigenvalue weighted by Crippen LogP contribution is -2.34. The maximum atomic E-state index is 11.9. The van der Waals surface area contributed by atoms with Gasteiger partial charge < -0.3 is 20.1 Å². The van der Waals surface area contributed by atoms with Crippen LogP contribution in [-0.4, -0.2) is 58.8 Å². The van der Waals surface area contributed by atoms with Gasteiger partial charge in [-0.25, -0.2) is 14.3 Å². The molecule has 0 saturated heterocycles. The maximum absolute atomic E-state index is 11.9. The molecule has 146 valence electrons. The Morgan fingerprint density at radius 3 is 2.42 bits per heavy atom. The average molecular weight is 369 g/mol. The molecule has 26 heavy (non-hydrogen) atoms. The molecule has 0 aliphatic heterocycles. The summed E-state index contributed by atoms with van der Waals surface area (Å²) >= 11 is 0. The van der Waals surface area contributed by atoms with E-state index in [1.165, 1.54) is 11.8 Å². The fourth-order valence-electron chi connectivity index (χ4n) is 2.02. The standard InChI is InChI=1S/C16H27N5O5/c1-6-8-17-12(22)10-21-11(13(19-20-21)14(23)25-5)7-9-18-15(24)26-16(2,3)4/h6-10H2,1-5H3,(H,17,22)(H,18,24). The smallest absolute Gasteiger partial charge is 0.407 e. The quantitative estimate of drug-likeness (QED) is 0.645. The second-order valence-electron chi connectivity index (χ2n) is 6.56. The number of nitrogens with zero attached hydrogens (tertiary/aromatic N) is 3. The summed E-state index contributed by atoms with van der Waals surface area (Å²) in [6, 6.07) is 0. The molecule has 1 rings (SSSR count). The third-order valence-corrected chi connectivity index (χ3v) is 3.11. The van der Waals surface area contributed by atoms with Crippen LogP contribution in [0.25, 0.3) is 0 Å². The maximum Gasteiger partial charge on any atom is 0.407 e. The first-order chi connectivity index (χ1) is 12.2. The molecule has 1 aromatic heterocycles. The summed E-state index contributed by atoms with van der Waals surface area (Å²) in [5.74, 6) is -0.896. The topological polar surface area (TPSA) is 124 Å². The van der Waals surface area contributed by atoms with Gasteiger partial charge in [-0.15, -0.1) is 5.10 Å². The number of nitrogens with one attached hydrogen (secondary N) is 2. The van der Waals surface area contributed by atoms with E-state index in [0.29, 0.717) is 12.2 Å². The first-order valence-corrected chi connectivity index (χ1v) is 8.42. The minimum Gasteiger partial charge on any atom is -0.464 e. The van der Waals surface area contributed by atoms with Crippen molar-refractivity contribution < 1.29 is 23.9 Å². The first kappa shape index (κ1) is 21.4. The number of amides is 2. The van der Waals surface area contributed by atoms with E-state index in [0.717, 1.165) is 6.42 Å². The van der Waals surface area contributed by atoms with Crippen LogP contribution in [0.4, 0.5) is 4.79 Å². The number of rotatable bonds is 8. The number of hydrogen-bond acceptors (Lipinski definition) is 7.